The third kappa shape index (κ3) is 4.27. The zero-order valence-corrected chi connectivity index (χ0v) is 18.4. The van der Waals surface area contributed by atoms with E-state index in [1.807, 2.05) is 6.92 Å². The minimum absolute atomic E-state index is 0.0742. The number of hydrogen-bond acceptors (Lipinski definition) is 3. The Labute approximate surface area is 194 Å². The van der Waals surface area contributed by atoms with E-state index < -0.39 is 41.6 Å². The number of allylic oxidation sites excluding steroid dienone is 1. The Morgan fingerprint density at radius 1 is 0.647 bits per heavy atom. The Morgan fingerprint density at radius 2 is 1.15 bits per heavy atom. The first-order valence-electron chi connectivity index (χ1n) is 11.0. The van der Waals surface area contributed by atoms with E-state index >= 15 is 0 Å². The molecule has 3 nitrogen and oxygen atoms in total. The van der Waals surface area contributed by atoms with Gasteiger partial charge in [-0.1, -0.05) is 54.6 Å². The van der Waals surface area contributed by atoms with Gasteiger partial charge in [-0.3, -0.25) is 0 Å². The molecular formula is C27H22F4O3. The Hall–Kier alpha value is -3.00. The second kappa shape index (κ2) is 9.33. The summed E-state index contributed by atoms with van der Waals surface area (Å²) in [5.41, 5.74) is 1.39. The molecule has 2 fully saturated rings. The third-order valence-corrected chi connectivity index (χ3v) is 6.12. The van der Waals surface area contributed by atoms with Gasteiger partial charge in [0.15, 0.2) is 29.6 Å². The molecule has 0 aliphatic carbocycles. The third-order valence-electron chi connectivity index (χ3n) is 6.12. The van der Waals surface area contributed by atoms with Crippen LogP contribution in [0.3, 0.4) is 0 Å². The lowest BCUT2D eigenvalue weighted by Crippen LogP contribution is -2.30. The van der Waals surface area contributed by atoms with E-state index in [0.29, 0.717) is 17.7 Å². The Morgan fingerprint density at radius 3 is 1.65 bits per heavy atom. The molecule has 7 heteroatoms. The van der Waals surface area contributed by atoms with Crippen molar-refractivity contribution in [3.8, 4) is 22.3 Å². The van der Waals surface area contributed by atoms with Gasteiger partial charge in [-0.25, -0.2) is 17.6 Å². The van der Waals surface area contributed by atoms with E-state index in [9.17, 15) is 17.6 Å². The van der Waals surface area contributed by atoms with Gasteiger partial charge in [0.1, 0.15) is 6.10 Å². The number of halogens is 4. The number of benzene rings is 3. The molecule has 0 bridgehead atoms. The van der Waals surface area contributed by atoms with Gasteiger partial charge in [-0.05, 0) is 29.7 Å². The molecule has 0 N–H and O–H groups in total. The molecule has 1 atom stereocenters. The maximum atomic E-state index is 15.0. The second-order valence-electron chi connectivity index (χ2n) is 8.32. The summed E-state index contributed by atoms with van der Waals surface area (Å²) in [6.07, 6.45) is 2.67. The van der Waals surface area contributed by atoms with Crippen LogP contribution in [0.2, 0.25) is 0 Å². The van der Waals surface area contributed by atoms with Crippen molar-refractivity contribution >= 4 is 0 Å². The standard InChI is InChI=1S/C27H22F4O3/c1-2-3-23-33-12-17(13-34-23)20-9-8-18(24(28)26(20)30)15-4-6-16(7-5-15)19-10-11-21(22-14-32-22)27(31)25(19)29/h2-11,17,22-23H,12-14H2,1H3/b3-2+. The molecule has 2 saturated heterocycles. The van der Waals surface area contributed by atoms with E-state index in [0.717, 1.165) is 0 Å². The van der Waals surface area contributed by atoms with Gasteiger partial charge in [0, 0.05) is 22.6 Å². The largest absolute Gasteiger partial charge is 0.368 e. The van der Waals surface area contributed by atoms with Gasteiger partial charge in [0.05, 0.1) is 19.8 Å². The number of ether oxygens (including phenoxy) is 3. The quantitative estimate of drug-likeness (QED) is 0.237. The van der Waals surface area contributed by atoms with Gasteiger partial charge in [0.2, 0.25) is 0 Å². The zero-order valence-electron chi connectivity index (χ0n) is 18.4. The van der Waals surface area contributed by atoms with Crippen molar-refractivity contribution in [3.63, 3.8) is 0 Å². The fourth-order valence-corrected chi connectivity index (χ4v) is 4.16. The van der Waals surface area contributed by atoms with Crippen molar-refractivity contribution in [2.24, 2.45) is 0 Å². The van der Waals surface area contributed by atoms with Crippen LogP contribution in [0.15, 0.2) is 60.7 Å². The van der Waals surface area contributed by atoms with E-state index in [-0.39, 0.29) is 35.5 Å². The summed E-state index contributed by atoms with van der Waals surface area (Å²) < 4.78 is 75.0. The zero-order chi connectivity index (χ0) is 23.8. The molecule has 34 heavy (non-hydrogen) atoms. The van der Waals surface area contributed by atoms with E-state index in [2.05, 4.69) is 0 Å². The highest BCUT2D eigenvalue weighted by Crippen LogP contribution is 2.37. The predicted molar refractivity (Wildman–Crippen MR) is 119 cm³/mol. The first kappa shape index (κ1) is 22.8. The topological polar surface area (TPSA) is 31.0 Å². The maximum Gasteiger partial charge on any atom is 0.176 e. The molecule has 2 aliphatic rings. The predicted octanol–water partition coefficient (Wildman–Crippen LogP) is 6.68. The van der Waals surface area contributed by atoms with Gasteiger partial charge in [0.25, 0.3) is 0 Å². The normalized spacial score (nSPS) is 22.3. The van der Waals surface area contributed by atoms with Crippen LogP contribution in [-0.2, 0) is 14.2 Å². The summed E-state index contributed by atoms with van der Waals surface area (Å²) in [5.74, 6) is -4.24. The number of rotatable bonds is 5. The van der Waals surface area contributed by atoms with Crippen LogP contribution in [0, 0.1) is 23.3 Å². The molecule has 1 unspecified atom stereocenters. The van der Waals surface area contributed by atoms with Crippen molar-refractivity contribution in [3.05, 3.63) is 95.1 Å². The molecule has 3 aromatic carbocycles. The minimum Gasteiger partial charge on any atom is -0.368 e. The second-order valence-corrected chi connectivity index (χ2v) is 8.32. The van der Waals surface area contributed by atoms with Gasteiger partial charge in [-0.15, -0.1) is 0 Å². The van der Waals surface area contributed by atoms with Gasteiger partial charge in [-0.2, -0.15) is 0 Å². The summed E-state index contributed by atoms with van der Waals surface area (Å²) in [4.78, 5) is 0. The molecule has 0 amide bonds. The lowest BCUT2D eigenvalue weighted by atomic mass is 9.94. The van der Waals surface area contributed by atoms with Crippen LogP contribution in [0.4, 0.5) is 17.6 Å². The molecule has 0 radical (unpaired) electrons. The molecule has 2 heterocycles. The molecule has 5 rings (SSSR count). The lowest BCUT2D eigenvalue weighted by Gasteiger charge is -2.28. The highest BCUT2D eigenvalue weighted by Gasteiger charge is 2.30. The molecule has 0 spiro atoms. The smallest absolute Gasteiger partial charge is 0.176 e. The monoisotopic (exact) mass is 470 g/mol. The molecule has 176 valence electrons. The fourth-order valence-electron chi connectivity index (χ4n) is 4.16. The number of hydrogen-bond donors (Lipinski definition) is 0. The van der Waals surface area contributed by atoms with Crippen LogP contribution in [0.25, 0.3) is 22.3 Å². The molecule has 3 aromatic rings. The summed E-state index contributed by atoms with van der Waals surface area (Å²) in [6.45, 7) is 2.65. The fraction of sp³-hybridized carbons (Fsp3) is 0.259. The number of epoxide rings is 1. The van der Waals surface area contributed by atoms with Crippen LogP contribution in [0.1, 0.15) is 30.1 Å². The van der Waals surface area contributed by atoms with E-state index in [1.165, 1.54) is 24.3 Å². The van der Waals surface area contributed by atoms with Crippen molar-refractivity contribution < 1.29 is 31.8 Å². The molecule has 0 saturated carbocycles. The molecular weight excluding hydrogens is 448 g/mol. The summed E-state index contributed by atoms with van der Waals surface area (Å²) >= 11 is 0. The summed E-state index contributed by atoms with van der Waals surface area (Å²) in [6, 6.07) is 12.2. The molecule has 2 aliphatic heterocycles. The highest BCUT2D eigenvalue weighted by atomic mass is 19.2. The lowest BCUT2D eigenvalue weighted by molar-refractivity contribution is -0.159. The SMILES string of the molecule is C/C=C/C1OCC(c2ccc(-c3ccc(-c4ccc(C5CO5)c(F)c4F)cc3)c(F)c2F)CO1. The summed E-state index contributed by atoms with van der Waals surface area (Å²) in [5, 5.41) is 0. The Bertz CT molecular complexity index is 1230. The average molecular weight is 470 g/mol. The van der Waals surface area contributed by atoms with E-state index in [1.54, 1.807) is 36.4 Å². The van der Waals surface area contributed by atoms with Crippen LogP contribution < -0.4 is 0 Å². The first-order chi connectivity index (χ1) is 16.5. The Balaban J connectivity index is 1.38. The van der Waals surface area contributed by atoms with Crippen molar-refractivity contribution in [1.82, 2.24) is 0 Å². The van der Waals surface area contributed by atoms with Crippen LogP contribution >= 0.6 is 0 Å². The maximum absolute atomic E-state index is 15.0. The van der Waals surface area contributed by atoms with Crippen LogP contribution in [-0.4, -0.2) is 26.1 Å². The van der Waals surface area contributed by atoms with Crippen molar-refractivity contribution in [2.75, 3.05) is 19.8 Å². The average Bonchev–Trinajstić information content (AvgIpc) is 3.69. The van der Waals surface area contributed by atoms with Crippen molar-refractivity contribution in [2.45, 2.75) is 25.2 Å². The summed E-state index contributed by atoms with van der Waals surface area (Å²) in [7, 11) is 0. The van der Waals surface area contributed by atoms with Gasteiger partial charge < -0.3 is 14.2 Å². The minimum atomic E-state index is -0.980. The Kier molecular flexibility index (Phi) is 6.25. The van der Waals surface area contributed by atoms with Gasteiger partial charge >= 0.3 is 0 Å². The molecule has 0 aromatic heterocycles. The highest BCUT2D eigenvalue weighted by molar-refractivity contribution is 5.71. The van der Waals surface area contributed by atoms with Crippen LogP contribution in [0.5, 0.6) is 0 Å². The van der Waals surface area contributed by atoms with Crippen molar-refractivity contribution in [1.29, 1.82) is 0 Å². The van der Waals surface area contributed by atoms with E-state index in [4.69, 9.17) is 14.2 Å². The first-order valence-corrected chi connectivity index (χ1v) is 11.0.